The highest BCUT2D eigenvalue weighted by atomic mass is 15.1. The van der Waals surface area contributed by atoms with E-state index in [2.05, 4.69) is 53.9 Å². The highest BCUT2D eigenvalue weighted by Crippen LogP contribution is 2.44. The second-order valence-corrected chi connectivity index (χ2v) is 6.51. The van der Waals surface area contributed by atoms with Crippen LogP contribution in [0.25, 0.3) is 10.9 Å². The maximum absolute atomic E-state index is 9.65. The minimum Gasteiger partial charge on any atom is -0.335 e. The quantitative estimate of drug-likeness (QED) is 0.862. The molecule has 3 nitrogen and oxygen atoms in total. The highest BCUT2D eigenvalue weighted by Gasteiger charge is 2.33. The lowest BCUT2D eigenvalue weighted by atomic mass is 9.86. The number of nitriles is 1. The predicted octanol–water partition coefficient (Wildman–Crippen LogP) is 3.50. The summed E-state index contributed by atoms with van der Waals surface area (Å²) in [5, 5.41) is 10.9. The van der Waals surface area contributed by atoms with Crippen LogP contribution in [0.1, 0.15) is 36.4 Å². The predicted molar refractivity (Wildman–Crippen MR) is 86.3 cm³/mol. The zero-order valence-corrected chi connectivity index (χ0v) is 13.1. The van der Waals surface area contributed by atoms with E-state index in [4.69, 9.17) is 0 Å². The van der Waals surface area contributed by atoms with Gasteiger partial charge in [0.05, 0.1) is 0 Å². The Bertz CT molecular complexity index is 690. The van der Waals surface area contributed by atoms with Gasteiger partial charge < -0.3 is 9.47 Å². The smallest absolute Gasteiger partial charge is 0.124 e. The van der Waals surface area contributed by atoms with Crippen LogP contribution < -0.4 is 0 Å². The topological polar surface area (TPSA) is 32.0 Å². The Morgan fingerprint density at radius 1 is 1.29 bits per heavy atom. The highest BCUT2D eigenvalue weighted by molar-refractivity contribution is 5.87. The van der Waals surface area contributed by atoms with E-state index >= 15 is 0 Å². The Labute approximate surface area is 126 Å². The van der Waals surface area contributed by atoms with Gasteiger partial charge in [-0.05, 0) is 50.4 Å². The number of fused-ring (bicyclic) bond motifs is 1. The van der Waals surface area contributed by atoms with E-state index in [1.54, 1.807) is 0 Å². The van der Waals surface area contributed by atoms with E-state index in [0.717, 1.165) is 12.2 Å². The van der Waals surface area contributed by atoms with Crippen LogP contribution in [0.5, 0.6) is 0 Å². The van der Waals surface area contributed by atoms with Crippen LogP contribution in [-0.4, -0.2) is 30.1 Å². The second kappa shape index (κ2) is 5.54. The van der Waals surface area contributed by atoms with Crippen molar-refractivity contribution in [2.45, 2.75) is 25.2 Å². The van der Waals surface area contributed by atoms with Gasteiger partial charge in [0.1, 0.15) is 11.8 Å². The maximum Gasteiger partial charge on any atom is 0.124 e. The third-order valence-corrected chi connectivity index (χ3v) is 4.88. The summed E-state index contributed by atoms with van der Waals surface area (Å²) in [6.07, 6.45) is 3.76. The summed E-state index contributed by atoms with van der Waals surface area (Å²) in [6, 6.07) is 10.9. The Balaban J connectivity index is 2.13. The molecule has 0 unspecified atom stereocenters. The number of rotatable bonds is 3. The largest absolute Gasteiger partial charge is 0.335 e. The first-order valence-electron chi connectivity index (χ1n) is 7.75. The van der Waals surface area contributed by atoms with Crippen LogP contribution in [0.4, 0.5) is 0 Å². The number of hydrogen-bond acceptors (Lipinski definition) is 2. The van der Waals surface area contributed by atoms with Crippen LogP contribution in [-0.2, 0) is 7.05 Å². The Morgan fingerprint density at radius 3 is 2.76 bits per heavy atom. The minimum absolute atomic E-state index is 0.521. The summed E-state index contributed by atoms with van der Waals surface area (Å²) in [6.45, 7) is 1.11. The molecule has 1 fully saturated rings. The van der Waals surface area contributed by atoms with Gasteiger partial charge >= 0.3 is 0 Å². The molecule has 1 aliphatic rings. The van der Waals surface area contributed by atoms with E-state index in [1.165, 1.54) is 35.7 Å². The van der Waals surface area contributed by atoms with Gasteiger partial charge in [0, 0.05) is 24.5 Å². The van der Waals surface area contributed by atoms with Crippen molar-refractivity contribution in [3.05, 3.63) is 35.5 Å². The van der Waals surface area contributed by atoms with Gasteiger partial charge in [0.2, 0.25) is 0 Å². The molecule has 110 valence electrons. The summed E-state index contributed by atoms with van der Waals surface area (Å²) in [5.74, 6) is 1.19. The molecule has 3 heteroatoms. The first-order chi connectivity index (χ1) is 10.1. The van der Waals surface area contributed by atoms with Gasteiger partial charge in [-0.1, -0.05) is 24.6 Å². The number of benzene rings is 1. The maximum atomic E-state index is 9.65. The fraction of sp³-hybridized carbons (Fsp3) is 0.500. The average Bonchev–Trinajstić information content (AvgIpc) is 3.01. The molecule has 1 aromatic carbocycles. The summed E-state index contributed by atoms with van der Waals surface area (Å²) in [5.41, 5.74) is 3.33. The van der Waals surface area contributed by atoms with Gasteiger partial charge in [-0.15, -0.1) is 0 Å². The normalized spacial score (nSPS) is 22.0. The minimum atomic E-state index is 0.521. The molecule has 3 rings (SSSR count). The van der Waals surface area contributed by atoms with Gasteiger partial charge in [-0.25, -0.2) is 0 Å². The standard InChI is InChI=1S/C18H23N3/c1-20(2)12-13-7-6-9-14(13)18-15-8-4-5-10-16(15)21(3)17(18)11-19/h4-5,8,10,13-14H,6-7,9,12H2,1-3H3/t13-,14+/m0/s1. The number of hydrogen-bond donors (Lipinski definition) is 0. The van der Waals surface area contributed by atoms with Crippen molar-refractivity contribution in [2.24, 2.45) is 13.0 Å². The lowest BCUT2D eigenvalue weighted by Gasteiger charge is -2.23. The third kappa shape index (κ3) is 2.34. The summed E-state index contributed by atoms with van der Waals surface area (Å²) >= 11 is 0. The molecule has 2 atom stereocenters. The monoisotopic (exact) mass is 281 g/mol. The number of nitrogens with zero attached hydrogens (tertiary/aromatic N) is 3. The van der Waals surface area contributed by atoms with E-state index in [0.29, 0.717) is 11.8 Å². The van der Waals surface area contributed by atoms with E-state index in [1.807, 2.05) is 7.05 Å². The van der Waals surface area contributed by atoms with Gasteiger partial charge in [0.15, 0.2) is 0 Å². The lowest BCUT2D eigenvalue weighted by molar-refractivity contribution is 0.310. The molecule has 0 aliphatic heterocycles. The van der Waals surface area contributed by atoms with Crippen LogP contribution in [0.2, 0.25) is 0 Å². The Kier molecular flexibility index (Phi) is 3.73. The summed E-state index contributed by atoms with van der Waals surface area (Å²) in [7, 11) is 6.30. The van der Waals surface area contributed by atoms with Crippen molar-refractivity contribution < 1.29 is 0 Å². The van der Waals surface area contributed by atoms with Gasteiger partial charge in [-0.3, -0.25) is 0 Å². The molecular weight excluding hydrogens is 258 g/mol. The Morgan fingerprint density at radius 2 is 2.05 bits per heavy atom. The number of aryl methyl sites for hydroxylation is 1. The van der Waals surface area contributed by atoms with Crippen LogP contribution in [0.15, 0.2) is 24.3 Å². The molecule has 1 aromatic heterocycles. The fourth-order valence-corrected chi connectivity index (χ4v) is 4.04. The first-order valence-corrected chi connectivity index (χ1v) is 7.75. The molecular formula is C18H23N3. The SMILES string of the molecule is CN(C)C[C@@H]1CCC[C@H]1c1c(C#N)n(C)c2ccccc12. The summed E-state index contributed by atoms with van der Waals surface area (Å²) in [4.78, 5) is 2.28. The van der Waals surface area contributed by atoms with Crippen molar-refractivity contribution >= 4 is 10.9 Å². The number of aromatic nitrogens is 1. The molecule has 1 saturated carbocycles. The molecule has 21 heavy (non-hydrogen) atoms. The molecule has 1 heterocycles. The van der Waals surface area contributed by atoms with E-state index < -0.39 is 0 Å². The van der Waals surface area contributed by atoms with Crippen LogP contribution in [0.3, 0.4) is 0 Å². The summed E-state index contributed by atoms with van der Waals surface area (Å²) < 4.78 is 2.07. The van der Waals surface area contributed by atoms with Gasteiger partial charge in [-0.2, -0.15) is 5.26 Å². The van der Waals surface area contributed by atoms with Crippen molar-refractivity contribution in [1.29, 1.82) is 5.26 Å². The van der Waals surface area contributed by atoms with Crippen molar-refractivity contribution in [3.8, 4) is 6.07 Å². The van der Waals surface area contributed by atoms with Crippen LogP contribution >= 0.6 is 0 Å². The first kappa shape index (κ1) is 14.2. The number of para-hydroxylation sites is 1. The van der Waals surface area contributed by atoms with Gasteiger partial charge in [0.25, 0.3) is 0 Å². The van der Waals surface area contributed by atoms with Crippen molar-refractivity contribution in [1.82, 2.24) is 9.47 Å². The molecule has 2 aromatic rings. The van der Waals surface area contributed by atoms with E-state index in [9.17, 15) is 5.26 Å². The molecule has 0 spiro atoms. The molecule has 1 aliphatic carbocycles. The van der Waals surface area contributed by atoms with Crippen molar-refractivity contribution in [2.75, 3.05) is 20.6 Å². The second-order valence-electron chi connectivity index (χ2n) is 6.51. The molecule has 0 bridgehead atoms. The average molecular weight is 281 g/mol. The van der Waals surface area contributed by atoms with E-state index in [-0.39, 0.29) is 0 Å². The van der Waals surface area contributed by atoms with Crippen molar-refractivity contribution in [3.63, 3.8) is 0 Å². The fourth-order valence-electron chi connectivity index (χ4n) is 4.04. The molecule has 0 saturated heterocycles. The molecule has 0 amide bonds. The zero-order chi connectivity index (χ0) is 15.0. The molecule has 0 radical (unpaired) electrons. The third-order valence-electron chi connectivity index (χ3n) is 4.88. The van der Waals surface area contributed by atoms with Crippen LogP contribution in [0, 0.1) is 17.2 Å². The Hall–Kier alpha value is -1.79. The molecule has 0 N–H and O–H groups in total. The zero-order valence-electron chi connectivity index (χ0n) is 13.1. The lowest BCUT2D eigenvalue weighted by Crippen LogP contribution is -2.23.